The van der Waals surface area contributed by atoms with Crippen molar-refractivity contribution in [1.29, 1.82) is 0 Å². The first-order chi connectivity index (χ1) is 10.6. The van der Waals surface area contributed by atoms with E-state index in [0.717, 1.165) is 0 Å². The van der Waals surface area contributed by atoms with Gasteiger partial charge in [-0.15, -0.1) is 0 Å². The summed E-state index contributed by atoms with van der Waals surface area (Å²) in [6.07, 6.45) is 3.94. The molecule has 1 saturated heterocycles. The van der Waals surface area contributed by atoms with Crippen molar-refractivity contribution < 1.29 is 14.7 Å². The van der Waals surface area contributed by atoms with Crippen LogP contribution in [0, 0.1) is 0 Å². The van der Waals surface area contributed by atoms with Crippen LogP contribution < -0.4 is 0 Å². The van der Waals surface area contributed by atoms with Crippen molar-refractivity contribution in [3.05, 3.63) is 54.4 Å². The highest BCUT2D eigenvalue weighted by Crippen LogP contribution is 2.30. The van der Waals surface area contributed by atoms with Crippen LogP contribution in [0.25, 0.3) is 0 Å². The molecule has 0 spiro atoms. The molecule has 0 bridgehead atoms. The van der Waals surface area contributed by atoms with Crippen molar-refractivity contribution >= 4 is 11.9 Å². The molecule has 1 aromatic heterocycles. The summed E-state index contributed by atoms with van der Waals surface area (Å²) >= 11 is 0. The first-order valence-electron chi connectivity index (χ1n) is 7.21. The van der Waals surface area contributed by atoms with Crippen LogP contribution in [-0.2, 0) is 10.3 Å². The SMILES string of the molecule is O=C(c1ccccc1)N1CCC(C(=O)O)(n2cccn2)CC1. The maximum absolute atomic E-state index is 12.4. The van der Waals surface area contributed by atoms with Gasteiger partial charge in [-0.25, -0.2) is 4.79 Å². The second-order valence-electron chi connectivity index (χ2n) is 5.45. The number of carbonyl (C=O) groups excluding carboxylic acids is 1. The van der Waals surface area contributed by atoms with Gasteiger partial charge in [-0.3, -0.25) is 9.48 Å². The Kier molecular flexibility index (Phi) is 3.66. The summed E-state index contributed by atoms with van der Waals surface area (Å²) in [6.45, 7) is 0.805. The molecule has 114 valence electrons. The van der Waals surface area contributed by atoms with E-state index in [1.165, 1.54) is 4.68 Å². The molecule has 0 unspecified atom stereocenters. The van der Waals surface area contributed by atoms with Gasteiger partial charge >= 0.3 is 5.97 Å². The fraction of sp³-hybridized carbons (Fsp3) is 0.312. The van der Waals surface area contributed by atoms with Crippen LogP contribution in [0.1, 0.15) is 23.2 Å². The fourth-order valence-electron chi connectivity index (χ4n) is 2.91. The third kappa shape index (κ3) is 2.36. The number of hydrogen-bond acceptors (Lipinski definition) is 3. The van der Waals surface area contributed by atoms with Gasteiger partial charge in [-0.2, -0.15) is 5.10 Å². The molecule has 3 rings (SSSR count). The molecular weight excluding hydrogens is 282 g/mol. The lowest BCUT2D eigenvalue weighted by Crippen LogP contribution is -2.52. The number of amides is 1. The molecule has 6 heteroatoms. The number of nitrogens with zero attached hydrogens (tertiary/aromatic N) is 3. The number of aliphatic carboxylic acids is 1. The number of carboxylic acids is 1. The van der Waals surface area contributed by atoms with E-state index in [2.05, 4.69) is 5.10 Å². The number of benzene rings is 1. The van der Waals surface area contributed by atoms with E-state index in [9.17, 15) is 14.7 Å². The molecular formula is C16H17N3O3. The summed E-state index contributed by atoms with van der Waals surface area (Å²) in [7, 11) is 0. The molecule has 1 aliphatic rings. The quantitative estimate of drug-likeness (QED) is 0.934. The second-order valence-corrected chi connectivity index (χ2v) is 5.45. The van der Waals surface area contributed by atoms with Gasteiger partial charge < -0.3 is 10.0 Å². The summed E-state index contributed by atoms with van der Waals surface area (Å²) in [4.78, 5) is 25.9. The highest BCUT2D eigenvalue weighted by Gasteiger charge is 2.44. The Morgan fingerprint density at radius 1 is 1.09 bits per heavy atom. The molecule has 1 aromatic carbocycles. The van der Waals surface area contributed by atoms with Crippen LogP contribution in [0.5, 0.6) is 0 Å². The third-order valence-electron chi connectivity index (χ3n) is 4.24. The van der Waals surface area contributed by atoms with Crippen molar-refractivity contribution in [2.75, 3.05) is 13.1 Å². The summed E-state index contributed by atoms with van der Waals surface area (Å²) < 4.78 is 1.50. The molecule has 0 radical (unpaired) electrons. The van der Waals surface area contributed by atoms with E-state index in [0.29, 0.717) is 31.5 Å². The fourth-order valence-corrected chi connectivity index (χ4v) is 2.91. The Balaban J connectivity index is 1.77. The largest absolute Gasteiger partial charge is 0.479 e. The first-order valence-corrected chi connectivity index (χ1v) is 7.21. The topological polar surface area (TPSA) is 75.4 Å². The lowest BCUT2D eigenvalue weighted by molar-refractivity contribution is -0.150. The summed E-state index contributed by atoms with van der Waals surface area (Å²) in [6, 6.07) is 10.8. The minimum absolute atomic E-state index is 0.0555. The molecule has 0 aliphatic carbocycles. The number of rotatable bonds is 3. The number of aromatic nitrogens is 2. The number of piperidine rings is 1. The molecule has 0 atom stereocenters. The van der Waals surface area contributed by atoms with Gasteiger partial charge in [0, 0.05) is 43.9 Å². The Morgan fingerprint density at radius 3 is 2.32 bits per heavy atom. The molecule has 1 N–H and O–H groups in total. The molecule has 1 amide bonds. The number of carboxylic acid groups (broad SMARTS) is 1. The maximum atomic E-state index is 12.4. The summed E-state index contributed by atoms with van der Waals surface area (Å²) in [5.74, 6) is -0.955. The molecule has 1 aliphatic heterocycles. The Bertz CT molecular complexity index is 659. The van der Waals surface area contributed by atoms with Crippen molar-refractivity contribution in [2.24, 2.45) is 0 Å². The number of hydrogen-bond donors (Lipinski definition) is 1. The van der Waals surface area contributed by atoms with E-state index in [1.807, 2.05) is 18.2 Å². The number of likely N-dealkylation sites (tertiary alicyclic amines) is 1. The maximum Gasteiger partial charge on any atom is 0.331 e. The Hall–Kier alpha value is -2.63. The molecule has 2 heterocycles. The van der Waals surface area contributed by atoms with Crippen molar-refractivity contribution in [1.82, 2.24) is 14.7 Å². The van der Waals surface area contributed by atoms with Crippen LogP contribution in [0.3, 0.4) is 0 Å². The third-order valence-corrected chi connectivity index (χ3v) is 4.24. The molecule has 0 saturated carbocycles. The summed E-state index contributed by atoms with van der Waals surface area (Å²) in [5.41, 5.74) is -0.429. The van der Waals surface area contributed by atoms with E-state index < -0.39 is 11.5 Å². The molecule has 22 heavy (non-hydrogen) atoms. The number of carbonyl (C=O) groups is 2. The van der Waals surface area contributed by atoms with Gasteiger partial charge in [-0.05, 0) is 18.2 Å². The van der Waals surface area contributed by atoms with Crippen LogP contribution in [0.4, 0.5) is 0 Å². The van der Waals surface area contributed by atoms with Crippen molar-refractivity contribution in [3.8, 4) is 0 Å². The average molecular weight is 299 g/mol. The lowest BCUT2D eigenvalue weighted by atomic mass is 9.87. The van der Waals surface area contributed by atoms with Crippen LogP contribution in [0.2, 0.25) is 0 Å². The van der Waals surface area contributed by atoms with Gasteiger partial charge in [0.1, 0.15) is 0 Å². The van der Waals surface area contributed by atoms with Gasteiger partial charge in [0.05, 0.1) is 0 Å². The highest BCUT2D eigenvalue weighted by atomic mass is 16.4. The van der Waals surface area contributed by atoms with Crippen molar-refractivity contribution in [3.63, 3.8) is 0 Å². The van der Waals surface area contributed by atoms with E-state index in [1.54, 1.807) is 35.5 Å². The smallest absolute Gasteiger partial charge is 0.331 e. The predicted molar refractivity (Wildman–Crippen MR) is 79.4 cm³/mol. The minimum atomic E-state index is -1.06. The molecule has 6 nitrogen and oxygen atoms in total. The molecule has 2 aromatic rings. The van der Waals surface area contributed by atoms with Gasteiger partial charge in [0.25, 0.3) is 5.91 Å². The lowest BCUT2D eigenvalue weighted by Gasteiger charge is -2.39. The minimum Gasteiger partial charge on any atom is -0.479 e. The van der Waals surface area contributed by atoms with E-state index in [-0.39, 0.29) is 5.91 Å². The Morgan fingerprint density at radius 2 is 1.77 bits per heavy atom. The zero-order valence-corrected chi connectivity index (χ0v) is 12.1. The first kappa shape index (κ1) is 14.3. The van der Waals surface area contributed by atoms with Gasteiger partial charge in [-0.1, -0.05) is 18.2 Å². The van der Waals surface area contributed by atoms with Crippen molar-refractivity contribution in [2.45, 2.75) is 18.4 Å². The summed E-state index contributed by atoms with van der Waals surface area (Å²) in [5, 5.41) is 13.7. The van der Waals surface area contributed by atoms with E-state index >= 15 is 0 Å². The van der Waals surface area contributed by atoms with Gasteiger partial charge in [0.2, 0.25) is 0 Å². The zero-order valence-electron chi connectivity index (χ0n) is 12.1. The monoisotopic (exact) mass is 299 g/mol. The second kappa shape index (κ2) is 5.63. The van der Waals surface area contributed by atoms with Gasteiger partial charge in [0.15, 0.2) is 5.54 Å². The van der Waals surface area contributed by atoms with E-state index in [4.69, 9.17) is 0 Å². The predicted octanol–water partition coefficient (Wildman–Crippen LogP) is 1.60. The molecule has 1 fully saturated rings. The standard InChI is InChI=1S/C16H17N3O3/c20-14(13-5-2-1-3-6-13)18-11-7-16(8-12-18,15(21)22)19-10-4-9-17-19/h1-6,9-10H,7-8,11-12H2,(H,21,22). The Labute approximate surface area is 128 Å². The highest BCUT2D eigenvalue weighted by molar-refractivity contribution is 5.94. The van der Waals surface area contributed by atoms with Crippen LogP contribution in [-0.4, -0.2) is 44.8 Å². The van der Waals surface area contributed by atoms with Crippen LogP contribution >= 0.6 is 0 Å². The average Bonchev–Trinajstić information content (AvgIpc) is 3.10. The van der Waals surface area contributed by atoms with Crippen LogP contribution in [0.15, 0.2) is 48.8 Å². The normalized spacial score (nSPS) is 17.2. The zero-order chi connectivity index (χ0) is 15.6.